The van der Waals surface area contributed by atoms with Crippen LogP contribution < -0.4 is 10.6 Å². The van der Waals surface area contributed by atoms with E-state index in [4.69, 9.17) is 9.73 Å². The first kappa shape index (κ1) is 23.7. The molecule has 0 spiro atoms. The van der Waals surface area contributed by atoms with Gasteiger partial charge in [0.1, 0.15) is 0 Å². The summed E-state index contributed by atoms with van der Waals surface area (Å²) < 4.78 is 5.47. The molecule has 0 bridgehead atoms. The maximum atomic E-state index is 12.1. The van der Waals surface area contributed by atoms with Crippen molar-refractivity contribution in [1.29, 1.82) is 0 Å². The van der Waals surface area contributed by atoms with Crippen molar-refractivity contribution in [3.63, 3.8) is 0 Å². The van der Waals surface area contributed by atoms with Gasteiger partial charge in [-0.15, -0.1) is 24.0 Å². The van der Waals surface area contributed by atoms with Crippen LogP contribution in [0.3, 0.4) is 0 Å². The maximum Gasteiger partial charge on any atom is 0.251 e. The third-order valence-corrected chi connectivity index (χ3v) is 4.39. The number of carbonyl (C=O) groups is 1. The van der Waals surface area contributed by atoms with Gasteiger partial charge in [-0.3, -0.25) is 4.79 Å². The van der Waals surface area contributed by atoms with Crippen molar-refractivity contribution < 1.29 is 9.53 Å². The number of nitrogens with zero attached hydrogens (tertiary/aromatic N) is 2. The van der Waals surface area contributed by atoms with Crippen LogP contribution in [0, 0.1) is 5.92 Å². The van der Waals surface area contributed by atoms with Crippen molar-refractivity contribution >= 4 is 35.8 Å². The topological polar surface area (TPSA) is 66.0 Å². The van der Waals surface area contributed by atoms with E-state index in [9.17, 15) is 4.79 Å². The van der Waals surface area contributed by atoms with Crippen molar-refractivity contribution in [2.45, 2.75) is 33.2 Å². The standard InChI is InChI=1S/C20H32N4O2.HI/c1-4-10-22-19(25)18-8-6-7-16(12-18)13-23-20(21-5-2)24(3)14-17-9-11-26-15-17;/h6-8,12,17H,4-5,9-11,13-15H2,1-3H3,(H,21,23)(H,22,25);1H. The minimum absolute atomic E-state index is 0. The van der Waals surface area contributed by atoms with E-state index < -0.39 is 0 Å². The second-order valence-corrected chi connectivity index (χ2v) is 6.74. The Hall–Kier alpha value is -1.35. The molecule has 0 aliphatic carbocycles. The molecule has 2 rings (SSSR count). The van der Waals surface area contributed by atoms with E-state index in [-0.39, 0.29) is 29.9 Å². The number of benzene rings is 1. The Morgan fingerprint density at radius 2 is 2.15 bits per heavy atom. The molecule has 27 heavy (non-hydrogen) atoms. The van der Waals surface area contributed by atoms with Gasteiger partial charge in [-0.1, -0.05) is 19.1 Å². The van der Waals surface area contributed by atoms with Gasteiger partial charge < -0.3 is 20.3 Å². The molecule has 1 fully saturated rings. The summed E-state index contributed by atoms with van der Waals surface area (Å²) in [5.74, 6) is 1.43. The molecule has 0 saturated carbocycles. The van der Waals surface area contributed by atoms with Crippen LogP contribution in [0.25, 0.3) is 0 Å². The SMILES string of the molecule is CCCNC(=O)c1cccc(CN=C(NCC)N(C)CC2CCOC2)c1.I. The quantitative estimate of drug-likeness (QED) is 0.336. The Morgan fingerprint density at radius 3 is 2.81 bits per heavy atom. The molecule has 0 radical (unpaired) electrons. The van der Waals surface area contributed by atoms with Gasteiger partial charge in [0.05, 0.1) is 13.2 Å². The van der Waals surface area contributed by atoms with Crippen LogP contribution >= 0.6 is 24.0 Å². The van der Waals surface area contributed by atoms with Gasteiger partial charge in [-0.05, 0) is 37.5 Å². The second kappa shape index (κ2) is 12.9. The number of rotatable bonds is 8. The van der Waals surface area contributed by atoms with Crippen molar-refractivity contribution in [3.8, 4) is 0 Å². The van der Waals surface area contributed by atoms with Gasteiger partial charge in [0, 0.05) is 44.8 Å². The van der Waals surface area contributed by atoms with E-state index in [2.05, 4.69) is 29.5 Å². The van der Waals surface area contributed by atoms with Crippen molar-refractivity contribution in [2.24, 2.45) is 10.9 Å². The van der Waals surface area contributed by atoms with Crippen LogP contribution in [-0.2, 0) is 11.3 Å². The summed E-state index contributed by atoms with van der Waals surface area (Å²) in [5.41, 5.74) is 1.72. The number of amides is 1. The van der Waals surface area contributed by atoms with Crippen molar-refractivity contribution in [1.82, 2.24) is 15.5 Å². The number of hydrogen-bond acceptors (Lipinski definition) is 3. The molecular formula is C20H33IN4O2. The van der Waals surface area contributed by atoms with Crippen LogP contribution in [0.5, 0.6) is 0 Å². The first-order chi connectivity index (χ1) is 12.6. The number of guanidine groups is 1. The molecule has 6 nitrogen and oxygen atoms in total. The lowest BCUT2D eigenvalue weighted by atomic mass is 10.1. The van der Waals surface area contributed by atoms with Gasteiger partial charge in [-0.2, -0.15) is 0 Å². The minimum Gasteiger partial charge on any atom is -0.381 e. The minimum atomic E-state index is -0.0251. The number of aliphatic imine (C=N–C) groups is 1. The molecule has 1 atom stereocenters. The molecule has 0 aromatic heterocycles. The lowest BCUT2D eigenvalue weighted by Gasteiger charge is -2.24. The lowest BCUT2D eigenvalue weighted by molar-refractivity contribution is 0.0953. The van der Waals surface area contributed by atoms with Crippen LogP contribution in [0.4, 0.5) is 0 Å². The van der Waals surface area contributed by atoms with Crippen molar-refractivity contribution in [3.05, 3.63) is 35.4 Å². The van der Waals surface area contributed by atoms with Crippen LogP contribution in [0.1, 0.15) is 42.6 Å². The summed E-state index contributed by atoms with van der Waals surface area (Å²) in [5, 5.41) is 6.26. The normalized spacial score (nSPS) is 16.6. The number of nitrogens with one attached hydrogen (secondary N) is 2. The average Bonchev–Trinajstić information content (AvgIpc) is 3.16. The second-order valence-electron chi connectivity index (χ2n) is 6.74. The van der Waals surface area contributed by atoms with Gasteiger partial charge in [0.15, 0.2) is 5.96 Å². The van der Waals surface area contributed by atoms with Crippen LogP contribution in [0.15, 0.2) is 29.3 Å². The van der Waals surface area contributed by atoms with Gasteiger partial charge >= 0.3 is 0 Å². The first-order valence-electron chi connectivity index (χ1n) is 9.58. The summed E-state index contributed by atoms with van der Waals surface area (Å²) in [6, 6.07) is 7.69. The zero-order valence-corrected chi connectivity index (χ0v) is 19.0. The highest BCUT2D eigenvalue weighted by atomic mass is 127. The molecular weight excluding hydrogens is 455 g/mol. The molecule has 2 N–H and O–H groups in total. The fraction of sp³-hybridized carbons (Fsp3) is 0.600. The fourth-order valence-corrected chi connectivity index (χ4v) is 2.99. The van der Waals surface area contributed by atoms with Crippen molar-refractivity contribution in [2.75, 3.05) is 39.9 Å². The average molecular weight is 488 g/mol. The van der Waals surface area contributed by atoms with Gasteiger partial charge in [-0.25, -0.2) is 4.99 Å². The smallest absolute Gasteiger partial charge is 0.251 e. The fourth-order valence-electron chi connectivity index (χ4n) is 2.99. The molecule has 1 amide bonds. The third kappa shape index (κ3) is 8.04. The number of hydrogen-bond donors (Lipinski definition) is 2. The molecule has 1 saturated heterocycles. The van der Waals surface area contributed by atoms with E-state index in [1.165, 1.54) is 0 Å². The molecule has 1 aliphatic rings. The summed E-state index contributed by atoms with van der Waals surface area (Å²) in [6.07, 6.45) is 2.04. The summed E-state index contributed by atoms with van der Waals surface area (Å²) >= 11 is 0. The monoisotopic (exact) mass is 488 g/mol. The lowest BCUT2D eigenvalue weighted by Crippen LogP contribution is -2.41. The zero-order valence-electron chi connectivity index (χ0n) is 16.7. The van der Waals surface area contributed by atoms with E-state index >= 15 is 0 Å². The van der Waals surface area contributed by atoms with Crippen LogP contribution in [-0.4, -0.2) is 56.7 Å². The van der Waals surface area contributed by atoms with E-state index in [1.54, 1.807) is 0 Å². The molecule has 1 heterocycles. The Labute approximate surface area is 180 Å². The summed E-state index contributed by atoms with van der Waals surface area (Å²) in [6.45, 7) is 8.81. The van der Waals surface area contributed by atoms with E-state index in [0.717, 1.165) is 50.7 Å². The highest BCUT2D eigenvalue weighted by molar-refractivity contribution is 14.0. The molecule has 1 unspecified atom stereocenters. The third-order valence-electron chi connectivity index (χ3n) is 4.39. The van der Waals surface area contributed by atoms with E-state index in [0.29, 0.717) is 24.6 Å². The predicted octanol–water partition coefficient (Wildman–Crippen LogP) is 2.88. The maximum absolute atomic E-state index is 12.1. The summed E-state index contributed by atoms with van der Waals surface area (Å²) in [7, 11) is 2.06. The number of carbonyl (C=O) groups excluding carboxylic acids is 1. The highest BCUT2D eigenvalue weighted by Gasteiger charge is 2.19. The Balaban J connectivity index is 0.00000364. The molecule has 1 aromatic carbocycles. The van der Waals surface area contributed by atoms with Gasteiger partial charge in [0.2, 0.25) is 0 Å². The highest BCUT2D eigenvalue weighted by Crippen LogP contribution is 2.13. The van der Waals surface area contributed by atoms with Gasteiger partial charge in [0.25, 0.3) is 5.91 Å². The van der Waals surface area contributed by atoms with E-state index in [1.807, 2.05) is 31.2 Å². The zero-order chi connectivity index (χ0) is 18.8. The molecule has 152 valence electrons. The summed E-state index contributed by atoms with van der Waals surface area (Å²) in [4.78, 5) is 19.0. The number of halogens is 1. The first-order valence-corrected chi connectivity index (χ1v) is 9.58. The molecule has 1 aliphatic heterocycles. The number of ether oxygens (including phenoxy) is 1. The Kier molecular flexibility index (Phi) is 11.3. The molecule has 1 aromatic rings. The Bertz CT molecular complexity index is 603. The Morgan fingerprint density at radius 1 is 1.33 bits per heavy atom. The predicted molar refractivity (Wildman–Crippen MR) is 121 cm³/mol. The molecule has 7 heteroatoms. The largest absolute Gasteiger partial charge is 0.381 e. The van der Waals surface area contributed by atoms with Crippen LogP contribution in [0.2, 0.25) is 0 Å².